The molecule has 6 aromatic rings. The number of anilines is 3. The molecule has 0 fully saturated rings. The summed E-state index contributed by atoms with van der Waals surface area (Å²) in [6.07, 6.45) is -1.70. The summed E-state index contributed by atoms with van der Waals surface area (Å²) < 4.78 is 68.7. The Hall–Kier alpha value is -6.18. The van der Waals surface area contributed by atoms with Crippen LogP contribution < -0.4 is 10.6 Å². The van der Waals surface area contributed by atoms with Crippen molar-refractivity contribution in [3.63, 3.8) is 0 Å². The van der Waals surface area contributed by atoms with E-state index in [2.05, 4.69) is 20.6 Å². The molecule has 0 saturated heterocycles. The first-order valence-electron chi connectivity index (χ1n) is 14.3. The van der Waals surface area contributed by atoms with Crippen LogP contribution in [-0.2, 0) is 11.3 Å². The summed E-state index contributed by atoms with van der Waals surface area (Å²) in [7, 11) is 1.07. The summed E-state index contributed by atoms with van der Waals surface area (Å²) in [5, 5.41) is 10.3. The summed E-state index contributed by atoms with van der Waals surface area (Å²) in [5.41, 5.74) is 3.33. The molecular formula is C34H24F5N7O2. The molecule has 0 bridgehead atoms. The lowest BCUT2D eigenvalue weighted by molar-refractivity contribution is -0.184. The van der Waals surface area contributed by atoms with E-state index in [0.717, 1.165) is 19.2 Å². The number of amides is 2. The molecule has 0 spiro atoms. The number of carbonyl (C=O) groups is 2. The second-order valence-corrected chi connectivity index (χ2v) is 10.6. The van der Waals surface area contributed by atoms with Gasteiger partial charge in [-0.05, 0) is 60.2 Å². The zero-order valence-corrected chi connectivity index (χ0v) is 25.0. The van der Waals surface area contributed by atoms with Crippen molar-refractivity contribution in [1.29, 1.82) is 0 Å². The van der Waals surface area contributed by atoms with Gasteiger partial charge in [0.2, 0.25) is 5.95 Å². The van der Waals surface area contributed by atoms with Crippen LogP contribution in [0.4, 0.5) is 39.3 Å². The van der Waals surface area contributed by atoms with E-state index >= 15 is 0 Å². The third kappa shape index (κ3) is 6.67. The number of rotatable bonds is 8. The van der Waals surface area contributed by atoms with Crippen molar-refractivity contribution >= 4 is 34.7 Å². The predicted molar refractivity (Wildman–Crippen MR) is 168 cm³/mol. The Labute approximate surface area is 269 Å². The lowest BCUT2D eigenvalue weighted by atomic mass is 10.0. The molecule has 0 atom stereocenters. The van der Waals surface area contributed by atoms with Gasteiger partial charge in [-0.25, -0.2) is 23.3 Å². The van der Waals surface area contributed by atoms with E-state index in [1.807, 2.05) is 12.1 Å². The smallest absolute Gasteiger partial charge is 0.334 e. The van der Waals surface area contributed by atoms with Crippen LogP contribution in [0.1, 0.15) is 15.9 Å². The van der Waals surface area contributed by atoms with Gasteiger partial charge in [-0.15, -0.1) is 0 Å². The average molecular weight is 658 g/mol. The maximum atomic E-state index is 14.2. The molecule has 0 saturated carbocycles. The molecule has 0 aliphatic carbocycles. The molecule has 0 radical (unpaired) electrons. The van der Waals surface area contributed by atoms with Gasteiger partial charge in [-0.3, -0.25) is 9.59 Å². The number of pyridine rings is 1. The van der Waals surface area contributed by atoms with Gasteiger partial charge >= 0.3 is 12.1 Å². The highest BCUT2D eigenvalue weighted by Gasteiger charge is 2.41. The third-order valence-corrected chi connectivity index (χ3v) is 7.23. The molecule has 0 aliphatic rings. The quantitative estimate of drug-likeness (QED) is 0.167. The first-order chi connectivity index (χ1) is 23.0. The fourth-order valence-corrected chi connectivity index (χ4v) is 5.10. The molecule has 6 rings (SSSR count). The first-order valence-corrected chi connectivity index (χ1v) is 14.3. The van der Waals surface area contributed by atoms with Crippen LogP contribution in [0, 0.1) is 11.6 Å². The van der Waals surface area contributed by atoms with Gasteiger partial charge < -0.3 is 15.5 Å². The number of alkyl halides is 3. The number of hydrogen-bond acceptors (Lipinski definition) is 6. The van der Waals surface area contributed by atoms with Crippen molar-refractivity contribution in [2.45, 2.75) is 12.7 Å². The number of halogens is 5. The first kappa shape index (κ1) is 31.8. The van der Waals surface area contributed by atoms with Gasteiger partial charge in [0.05, 0.1) is 16.8 Å². The molecule has 3 heterocycles. The summed E-state index contributed by atoms with van der Waals surface area (Å²) in [6, 6.07) is 23.4. The lowest BCUT2D eigenvalue weighted by Gasteiger charge is -2.19. The van der Waals surface area contributed by atoms with E-state index < -0.39 is 35.2 Å². The summed E-state index contributed by atoms with van der Waals surface area (Å²) in [5.74, 6) is -4.70. The topological polar surface area (TPSA) is 105 Å². The molecular weight excluding hydrogens is 633 g/mol. The van der Waals surface area contributed by atoms with Crippen LogP contribution in [0.5, 0.6) is 0 Å². The largest absolute Gasteiger partial charge is 0.471 e. The van der Waals surface area contributed by atoms with Crippen molar-refractivity contribution in [3.05, 3.63) is 126 Å². The third-order valence-electron chi connectivity index (χ3n) is 7.23. The highest BCUT2D eigenvalue weighted by molar-refractivity contribution is 6.05. The molecule has 14 heteroatoms. The molecule has 2 N–H and O–H groups in total. The molecule has 9 nitrogen and oxygen atoms in total. The number of benzene rings is 3. The van der Waals surface area contributed by atoms with Crippen molar-refractivity contribution in [1.82, 2.24) is 24.5 Å². The van der Waals surface area contributed by atoms with Gasteiger partial charge in [0, 0.05) is 42.9 Å². The number of hydrogen-bond donors (Lipinski definition) is 2. The van der Waals surface area contributed by atoms with Crippen molar-refractivity contribution in [2.24, 2.45) is 0 Å². The monoisotopic (exact) mass is 657 g/mol. The number of aromatic nitrogens is 4. The minimum absolute atomic E-state index is 0.179. The molecule has 242 valence electrons. The number of carbonyl (C=O) groups excluding carboxylic acids is 2. The van der Waals surface area contributed by atoms with Crippen molar-refractivity contribution in [3.8, 4) is 22.5 Å². The van der Waals surface area contributed by atoms with Crippen LogP contribution >= 0.6 is 0 Å². The van der Waals surface area contributed by atoms with E-state index in [1.165, 1.54) is 12.3 Å². The second kappa shape index (κ2) is 12.9. The summed E-state index contributed by atoms with van der Waals surface area (Å²) in [6.45, 7) is -0.269. The average Bonchev–Trinajstić information content (AvgIpc) is 3.44. The van der Waals surface area contributed by atoms with E-state index in [-0.39, 0.29) is 18.2 Å². The van der Waals surface area contributed by atoms with Gasteiger partial charge in [-0.1, -0.05) is 36.4 Å². The normalized spacial score (nSPS) is 11.4. The Morgan fingerprint density at radius 2 is 1.60 bits per heavy atom. The SMILES string of the molecule is CN(Cc1cccc(Nc2nccc(-c3c(-c4cccc(NC(=O)c5c(F)cccc5F)c4)nn4ccccc34)n2)c1)C(=O)C(F)(F)F. The van der Waals surface area contributed by atoms with Gasteiger partial charge in [0.25, 0.3) is 5.91 Å². The number of nitrogens with one attached hydrogen (secondary N) is 2. The molecule has 3 aromatic heterocycles. The lowest BCUT2D eigenvalue weighted by Crippen LogP contribution is -2.37. The fourth-order valence-electron chi connectivity index (χ4n) is 5.10. The fraction of sp³-hybridized carbons (Fsp3) is 0.0882. The van der Waals surface area contributed by atoms with Crippen LogP contribution in [0.2, 0.25) is 0 Å². The number of fused-ring (bicyclic) bond motifs is 1. The Morgan fingerprint density at radius 3 is 2.38 bits per heavy atom. The van der Waals surface area contributed by atoms with Gasteiger partial charge in [0.1, 0.15) is 22.9 Å². The van der Waals surface area contributed by atoms with Crippen LogP contribution in [0.15, 0.2) is 103 Å². The molecule has 48 heavy (non-hydrogen) atoms. The van der Waals surface area contributed by atoms with Gasteiger partial charge in [-0.2, -0.15) is 18.3 Å². The van der Waals surface area contributed by atoms with E-state index in [9.17, 15) is 31.5 Å². The Bertz CT molecular complexity index is 2150. The van der Waals surface area contributed by atoms with Crippen LogP contribution in [0.25, 0.3) is 28.0 Å². The second-order valence-electron chi connectivity index (χ2n) is 10.6. The highest BCUT2D eigenvalue weighted by Crippen LogP contribution is 2.35. The summed E-state index contributed by atoms with van der Waals surface area (Å²) in [4.78, 5) is 33.9. The maximum absolute atomic E-state index is 14.2. The number of nitrogens with zero attached hydrogens (tertiary/aromatic N) is 5. The minimum Gasteiger partial charge on any atom is -0.334 e. The standard InChI is InChI=1S/C34H24F5N7O2/c1-45(32(48)34(37,38)39)19-20-7-4-9-22(17-20)42-33-40-15-14-26(43-33)29-27-13-2-3-16-46(27)44-30(29)21-8-5-10-23(18-21)41-31(47)28-24(35)11-6-12-25(28)36/h2-18H,19H2,1H3,(H,41,47)(H,40,42,43). The molecule has 2 amide bonds. The van der Waals surface area contributed by atoms with Crippen molar-refractivity contribution < 1.29 is 31.5 Å². The highest BCUT2D eigenvalue weighted by atomic mass is 19.4. The van der Waals surface area contributed by atoms with E-state index in [0.29, 0.717) is 44.2 Å². The van der Waals surface area contributed by atoms with E-state index in [4.69, 9.17) is 5.10 Å². The van der Waals surface area contributed by atoms with Gasteiger partial charge in [0.15, 0.2) is 0 Å². The zero-order valence-electron chi connectivity index (χ0n) is 25.0. The Morgan fingerprint density at radius 1 is 0.875 bits per heavy atom. The zero-order chi connectivity index (χ0) is 34.0. The van der Waals surface area contributed by atoms with Crippen LogP contribution in [0.3, 0.4) is 0 Å². The Balaban J connectivity index is 1.31. The predicted octanol–water partition coefficient (Wildman–Crippen LogP) is 7.25. The Kier molecular flexibility index (Phi) is 8.55. The molecule has 0 aliphatic heterocycles. The summed E-state index contributed by atoms with van der Waals surface area (Å²) >= 11 is 0. The van der Waals surface area contributed by atoms with Crippen molar-refractivity contribution in [2.75, 3.05) is 17.7 Å². The minimum atomic E-state index is -4.98. The van der Waals surface area contributed by atoms with E-state index in [1.54, 1.807) is 71.4 Å². The molecule has 0 unspecified atom stereocenters. The molecule has 3 aromatic carbocycles. The maximum Gasteiger partial charge on any atom is 0.471 e. The van der Waals surface area contributed by atoms with Crippen LogP contribution in [-0.4, -0.2) is 49.5 Å².